The number of carbonyl (C=O) groups excluding carboxylic acids is 1. The lowest BCUT2D eigenvalue weighted by Gasteiger charge is -2.27. The van der Waals surface area contributed by atoms with Gasteiger partial charge in [-0.1, -0.05) is 0 Å². The van der Waals surface area contributed by atoms with E-state index >= 15 is 0 Å². The second-order valence-corrected chi connectivity index (χ2v) is 5.06. The molecule has 1 aliphatic rings. The number of unbranched alkanes of at least 4 members (excludes halogenated alkanes) is 1. The first kappa shape index (κ1) is 14.9. The fourth-order valence-electron chi connectivity index (χ4n) is 2.30. The van der Waals surface area contributed by atoms with Crippen molar-refractivity contribution in [3.63, 3.8) is 0 Å². The zero-order chi connectivity index (χ0) is 14.2. The average Bonchev–Trinajstić information content (AvgIpc) is 2.48. The van der Waals surface area contributed by atoms with Crippen molar-refractivity contribution in [2.75, 3.05) is 39.3 Å². The summed E-state index contributed by atoms with van der Waals surface area (Å²) in [6, 6.07) is 5.62. The number of halogens is 1. The molecule has 1 aromatic carbocycles. The second-order valence-electron chi connectivity index (χ2n) is 5.06. The van der Waals surface area contributed by atoms with Crippen molar-refractivity contribution >= 4 is 5.91 Å². The lowest BCUT2D eigenvalue weighted by atomic mass is 10.2. The summed E-state index contributed by atoms with van der Waals surface area (Å²) in [6.07, 6.45) is 2.06. The van der Waals surface area contributed by atoms with Crippen molar-refractivity contribution in [3.05, 3.63) is 35.6 Å². The van der Waals surface area contributed by atoms with Gasteiger partial charge in [-0.05, 0) is 43.7 Å². The van der Waals surface area contributed by atoms with Gasteiger partial charge in [-0.3, -0.25) is 4.79 Å². The maximum Gasteiger partial charge on any atom is 0.251 e. The van der Waals surface area contributed by atoms with Crippen LogP contribution in [0, 0.1) is 5.82 Å². The molecule has 0 aromatic heterocycles. The van der Waals surface area contributed by atoms with E-state index in [2.05, 4.69) is 15.5 Å². The highest BCUT2D eigenvalue weighted by molar-refractivity contribution is 5.94. The molecule has 20 heavy (non-hydrogen) atoms. The average molecular weight is 279 g/mol. The number of amides is 1. The molecule has 0 radical (unpaired) electrons. The molecule has 4 nitrogen and oxygen atoms in total. The number of rotatable bonds is 6. The highest BCUT2D eigenvalue weighted by atomic mass is 19.1. The Morgan fingerprint density at radius 2 is 1.90 bits per heavy atom. The van der Waals surface area contributed by atoms with Crippen LogP contribution in [0.5, 0.6) is 0 Å². The van der Waals surface area contributed by atoms with Crippen molar-refractivity contribution in [2.24, 2.45) is 0 Å². The first-order valence-electron chi connectivity index (χ1n) is 7.22. The predicted molar refractivity (Wildman–Crippen MR) is 77.3 cm³/mol. The van der Waals surface area contributed by atoms with Crippen LogP contribution in [0.15, 0.2) is 24.3 Å². The molecule has 0 spiro atoms. The van der Waals surface area contributed by atoms with E-state index in [1.165, 1.54) is 24.3 Å². The molecule has 1 saturated heterocycles. The summed E-state index contributed by atoms with van der Waals surface area (Å²) in [4.78, 5) is 14.2. The Hall–Kier alpha value is -1.46. The molecule has 1 heterocycles. The molecule has 5 heteroatoms. The summed E-state index contributed by atoms with van der Waals surface area (Å²) in [5.74, 6) is -0.454. The Labute approximate surface area is 119 Å². The van der Waals surface area contributed by atoms with Crippen molar-refractivity contribution in [1.29, 1.82) is 0 Å². The lowest BCUT2D eigenvalue weighted by molar-refractivity contribution is 0.0952. The number of piperazine rings is 1. The third-order valence-corrected chi connectivity index (χ3v) is 3.50. The van der Waals surface area contributed by atoms with Gasteiger partial charge in [0.2, 0.25) is 0 Å². The monoisotopic (exact) mass is 279 g/mol. The Morgan fingerprint density at radius 3 is 2.60 bits per heavy atom. The van der Waals surface area contributed by atoms with Gasteiger partial charge in [0.25, 0.3) is 5.91 Å². The molecule has 1 fully saturated rings. The Bertz CT molecular complexity index is 416. The molecule has 0 unspecified atom stereocenters. The van der Waals surface area contributed by atoms with Crippen molar-refractivity contribution in [3.8, 4) is 0 Å². The number of carbonyl (C=O) groups is 1. The number of hydrogen-bond donors (Lipinski definition) is 2. The second kappa shape index (κ2) is 7.97. The van der Waals surface area contributed by atoms with E-state index in [1.54, 1.807) is 0 Å². The van der Waals surface area contributed by atoms with E-state index < -0.39 is 0 Å². The van der Waals surface area contributed by atoms with Gasteiger partial charge in [0.15, 0.2) is 0 Å². The minimum atomic E-state index is -0.322. The lowest BCUT2D eigenvalue weighted by Crippen LogP contribution is -2.43. The first-order chi connectivity index (χ1) is 9.75. The largest absolute Gasteiger partial charge is 0.352 e. The maximum atomic E-state index is 12.7. The van der Waals surface area contributed by atoms with Gasteiger partial charge in [0, 0.05) is 38.3 Å². The van der Waals surface area contributed by atoms with Crippen LogP contribution in [-0.2, 0) is 0 Å². The van der Waals surface area contributed by atoms with E-state index in [0.717, 1.165) is 45.6 Å². The minimum Gasteiger partial charge on any atom is -0.352 e. The fourth-order valence-corrected chi connectivity index (χ4v) is 2.30. The fraction of sp³-hybridized carbons (Fsp3) is 0.533. The third-order valence-electron chi connectivity index (χ3n) is 3.50. The number of hydrogen-bond acceptors (Lipinski definition) is 3. The van der Waals surface area contributed by atoms with Gasteiger partial charge in [0.05, 0.1) is 0 Å². The van der Waals surface area contributed by atoms with Gasteiger partial charge >= 0.3 is 0 Å². The van der Waals surface area contributed by atoms with Gasteiger partial charge in [-0.2, -0.15) is 0 Å². The van der Waals surface area contributed by atoms with E-state index in [-0.39, 0.29) is 11.7 Å². The molecule has 0 saturated carbocycles. The zero-order valence-electron chi connectivity index (χ0n) is 11.7. The summed E-state index contributed by atoms with van der Waals surface area (Å²) < 4.78 is 12.7. The normalized spacial score (nSPS) is 16.1. The summed E-state index contributed by atoms with van der Waals surface area (Å²) in [5.41, 5.74) is 0.508. The van der Waals surface area contributed by atoms with Crippen LogP contribution in [0.3, 0.4) is 0 Å². The van der Waals surface area contributed by atoms with Gasteiger partial charge < -0.3 is 15.5 Å². The van der Waals surface area contributed by atoms with E-state index in [1.807, 2.05) is 0 Å². The van der Waals surface area contributed by atoms with Gasteiger partial charge in [0.1, 0.15) is 5.82 Å². The maximum absolute atomic E-state index is 12.7. The van der Waals surface area contributed by atoms with Crippen molar-refractivity contribution < 1.29 is 9.18 Å². The summed E-state index contributed by atoms with van der Waals surface area (Å²) >= 11 is 0. The molecule has 1 amide bonds. The highest BCUT2D eigenvalue weighted by Crippen LogP contribution is 2.02. The smallest absolute Gasteiger partial charge is 0.251 e. The van der Waals surface area contributed by atoms with Gasteiger partial charge in [-0.15, -0.1) is 0 Å². The molecule has 2 rings (SSSR count). The minimum absolute atomic E-state index is 0.132. The van der Waals surface area contributed by atoms with Crippen molar-refractivity contribution in [2.45, 2.75) is 12.8 Å². The molecule has 2 N–H and O–H groups in total. The molecule has 1 aliphatic heterocycles. The van der Waals surface area contributed by atoms with Crippen LogP contribution in [0.1, 0.15) is 23.2 Å². The molecular weight excluding hydrogens is 257 g/mol. The van der Waals surface area contributed by atoms with Gasteiger partial charge in [-0.25, -0.2) is 4.39 Å². The molecular formula is C15H22FN3O. The quantitative estimate of drug-likeness (QED) is 0.770. The summed E-state index contributed by atoms with van der Waals surface area (Å²) in [5, 5.41) is 6.19. The molecule has 0 bridgehead atoms. The Kier molecular flexibility index (Phi) is 5.95. The van der Waals surface area contributed by atoms with Crippen LogP contribution in [0.4, 0.5) is 4.39 Å². The molecule has 1 aromatic rings. The van der Waals surface area contributed by atoms with Crippen LogP contribution in [0.25, 0.3) is 0 Å². The standard InChI is InChI=1S/C15H22FN3O/c16-14-5-3-13(4-6-14)15(20)18-7-1-2-10-19-11-8-17-9-12-19/h3-6,17H,1-2,7-12H2,(H,18,20). The summed E-state index contributed by atoms with van der Waals surface area (Å²) in [7, 11) is 0. The van der Waals surface area contributed by atoms with E-state index in [9.17, 15) is 9.18 Å². The number of benzene rings is 1. The topological polar surface area (TPSA) is 44.4 Å². The van der Waals surface area contributed by atoms with Crippen molar-refractivity contribution in [1.82, 2.24) is 15.5 Å². The van der Waals surface area contributed by atoms with Crippen LogP contribution < -0.4 is 10.6 Å². The number of nitrogens with one attached hydrogen (secondary N) is 2. The predicted octanol–water partition coefficient (Wildman–Crippen LogP) is 1.24. The Balaban J connectivity index is 1.58. The zero-order valence-corrected chi connectivity index (χ0v) is 11.7. The third kappa shape index (κ3) is 4.90. The van der Waals surface area contributed by atoms with E-state index in [0.29, 0.717) is 12.1 Å². The Morgan fingerprint density at radius 1 is 1.20 bits per heavy atom. The molecule has 110 valence electrons. The SMILES string of the molecule is O=C(NCCCCN1CCNCC1)c1ccc(F)cc1. The van der Waals surface area contributed by atoms with Crippen LogP contribution >= 0.6 is 0 Å². The molecule has 0 atom stereocenters. The highest BCUT2D eigenvalue weighted by Gasteiger charge is 2.08. The number of nitrogens with zero attached hydrogens (tertiary/aromatic N) is 1. The summed E-state index contributed by atoms with van der Waals surface area (Å²) in [6.45, 7) is 6.13. The first-order valence-corrected chi connectivity index (χ1v) is 7.22. The molecule has 0 aliphatic carbocycles. The van der Waals surface area contributed by atoms with Crippen LogP contribution in [0.2, 0.25) is 0 Å². The van der Waals surface area contributed by atoms with Crippen LogP contribution in [-0.4, -0.2) is 50.1 Å². The van der Waals surface area contributed by atoms with E-state index in [4.69, 9.17) is 0 Å².